The van der Waals surface area contributed by atoms with Crippen LogP contribution in [0.15, 0.2) is 53.3 Å². The minimum absolute atomic E-state index is 0.0665. The van der Waals surface area contributed by atoms with E-state index in [4.69, 9.17) is 0 Å². The first-order valence-corrected chi connectivity index (χ1v) is 7.48. The molecule has 4 aromatic rings. The fraction of sp³-hybridized carbons (Fsp3) is 0.118. The van der Waals surface area contributed by atoms with Gasteiger partial charge in [-0.3, -0.25) is 9.48 Å². The first-order chi connectivity index (χ1) is 12.1. The van der Waals surface area contributed by atoms with E-state index in [1.54, 1.807) is 30.3 Å². The Morgan fingerprint density at radius 1 is 0.960 bits per heavy atom. The van der Waals surface area contributed by atoms with E-state index in [2.05, 4.69) is 10.2 Å². The molecular formula is C17H11F3N4O. The van der Waals surface area contributed by atoms with E-state index in [-0.39, 0.29) is 21.9 Å². The van der Waals surface area contributed by atoms with Crippen LogP contribution in [-0.4, -0.2) is 26.0 Å². The summed E-state index contributed by atoms with van der Waals surface area (Å²) in [4.78, 5) is 12.8. The molecule has 0 unspecified atom stereocenters. The van der Waals surface area contributed by atoms with Crippen molar-refractivity contribution in [3.8, 4) is 5.69 Å². The molecule has 0 aliphatic heterocycles. The van der Waals surface area contributed by atoms with Gasteiger partial charge in [0, 0.05) is 5.39 Å². The first-order valence-electron chi connectivity index (χ1n) is 7.48. The molecule has 0 spiro atoms. The molecule has 0 amide bonds. The molecule has 0 aliphatic rings. The fourth-order valence-electron chi connectivity index (χ4n) is 2.93. The lowest BCUT2D eigenvalue weighted by Crippen LogP contribution is -2.23. The molecule has 126 valence electrons. The Kier molecular flexibility index (Phi) is 3.52. The SMILES string of the molecule is O=c1c2nnc3c(F)cccc3c2n(CC(F)F)n1-c1ccccc1. The van der Waals surface area contributed by atoms with Crippen molar-refractivity contribution in [3.63, 3.8) is 0 Å². The van der Waals surface area contributed by atoms with E-state index in [0.717, 1.165) is 9.36 Å². The number of benzene rings is 2. The Hall–Kier alpha value is -3.16. The summed E-state index contributed by atoms with van der Waals surface area (Å²) in [5, 5.41) is 7.81. The zero-order valence-corrected chi connectivity index (χ0v) is 12.7. The second kappa shape index (κ2) is 5.73. The minimum atomic E-state index is -2.71. The molecule has 0 aliphatic carbocycles. The molecule has 0 atom stereocenters. The normalized spacial score (nSPS) is 11.7. The summed E-state index contributed by atoms with van der Waals surface area (Å²) in [6.07, 6.45) is -2.71. The molecule has 8 heteroatoms. The Morgan fingerprint density at radius 2 is 1.68 bits per heavy atom. The largest absolute Gasteiger partial charge is 0.299 e. The van der Waals surface area contributed by atoms with Crippen molar-refractivity contribution in [1.29, 1.82) is 0 Å². The van der Waals surface area contributed by atoms with Gasteiger partial charge in [0.2, 0.25) is 0 Å². The van der Waals surface area contributed by atoms with Crippen molar-refractivity contribution >= 4 is 21.9 Å². The maximum Gasteiger partial charge on any atom is 0.299 e. The van der Waals surface area contributed by atoms with Crippen LogP contribution in [0, 0.1) is 5.82 Å². The molecule has 0 bridgehead atoms. The molecule has 4 rings (SSSR count). The van der Waals surface area contributed by atoms with Crippen LogP contribution in [0.3, 0.4) is 0 Å². The van der Waals surface area contributed by atoms with Crippen LogP contribution < -0.4 is 5.56 Å². The van der Waals surface area contributed by atoms with Gasteiger partial charge in [-0.15, -0.1) is 10.2 Å². The van der Waals surface area contributed by atoms with E-state index >= 15 is 0 Å². The molecule has 2 aromatic heterocycles. The first kappa shape index (κ1) is 15.4. The number of alkyl halides is 2. The van der Waals surface area contributed by atoms with Crippen LogP contribution in [0.4, 0.5) is 13.2 Å². The van der Waals surface area contributed by atoms with Crippen LogP contribution in [0.2, 0.25) is 0 Å². The van der Waals surface area contributed by atoms with Crippen molar-refractivity contribution in [3.05, 3.63) is 64.7 Å². The summed E-state index contributed by atoms with van der Waals surface area (Å²) >= 11 is 0. The molecular weight excluding hydrogens is 333 g/mol. The lowest BCUT2D eigenvalue weighted by atomic mass is 10.2. The number of aromatic nitrogens is 4. The molecule has 0 saturated heterocycles. The maximum absolute atomic E-state index is 14.0. The zero-order chi connectivity index (χ0) is 17.6. The van der Waals surface area contributed by atoms with Gasteiger partial charge in [-0.1, -0.05) is 30.3 Å². The average molecular weight is 344 g/mol. The quantitative estimate of drug-likeness (QED) is 0.574. The van der Waals surface area contributed by atoms with Gasteiger partial charge in [-0.05, 0) is 18.2 Å². The molecule has 0 fully saturated rings. The van der Waals surface area contributed by atoms with Crippen LogP contribution in [-0.2, 0) is 6.54 Å². The number of rotatable bonds is 3. The summed E-state index contributed by atoms with van der Waals surface area (Å²) in [6.45, 7) is -0.731. The average Bonchev–Trinajstić information content (AvgIpc) is 2.88. The zero-order valence-electron chi connectivity index (χ0n) is 12.7. The standard InChI is InChI=1S/C17H11F3N4O/c18-12-8-4-7-11-14(12)21-22-15-16(11)23(9-13(19)20)24(17(15)25)10-5-2-1-3-6-10/h1-8,13H,9H2. The molecule has 5 nitrogen and oxygen atoms in total. The smallest absolute Gasteiger partial charge is 0.269 e. The summed E-state index contributed by atoms with van der Waals surface area (Å²) in [7, 11) is 0. The highest BCUT2D eigenvalue weighted by atomic mass is 19.3. The summed E-state index contributed by atoms with van der Waals surface area (Å²) in [5.41, 5.74) is -0.180. The second-order valence-corrected chi connectivity index (χ2v) is 5.46. The molecule has 2 aromatic carbocycles. The van der Waals surface area contributed by atoms with Gasteiger partial charge in [0.1, 0.15) is 17.6 Å². The third-order valence-electron chi connectivity index (χ3n) is 3.92. The van der Waals surface area contributed by atoms with Crippen LogP contribution >= 0.6 is 0 Å². The molecule has 0 radical (unpaired) electrons. The van der Waals surface area contributed by atoms with E-state index in [0.29, 0.717) is 5.69 Å². The summed E-state index contributed by atoms with van der Waals surface area (Å²) in [5.74, 6) is -0.629. The fourth-order valence-corrected chi connectivity index (χ4v) is 2.93. The molecule has 25 heavy (non-hydrogen) atoms. The Bertz CT molecular complexity index is 1140. The van der Waals surface area contributed by atoms with Gasteiger partial charge in [0.25, 0.3) is 12.0 Å². The number of halogens is 3. The van der Waals surface area contributed by atoms with E-state index in [9.17, 15) is 18.0 Å². The van der Waals surface area contributed by atoms with Crippen molar-refractivity contribution in [2.24, 2.45) is 0 Å². The number of fused-ring (bicyclic) bond motifs is 3. The predicted molar refractivity (Wildman–Crippen MR) is 86.6 cm³/mol. The Morgan fingerprint density at radius 3 is 2.40 bits per heavy atom. The molecule has 0 N–H and O–H groups in total. The van der Waals surface area contributed by atoms with Crippen molar-refractivity contribution in [1.82, 2.24) is 19.6 Å². The lowest BCUT2D eigenvalue weighted by molar-refractivity contribution is 0.120. The second-order valence-electron chi connectivity index (χ2n) is 5.46. The third-order valence-corrected chi connectivity index (χ3v) is 3.92. The van der Waals surface area contributed by atoms with Gasteiger partial charge >= 0.3 is 0 Å². The van der Waals surface area contributed by atoms with E-state index in [1.165, 1.54) is 18.2 Å². The highest BCUT2D eigenvalue weighted by Crippen LogP contribution is 2.24. The molecule has 2 heterocycles. The van der Waals surface area contributed by atoms with Crippen LogP contribution in [0.5, 0.6) is 0 Å². The van der Waals surface area contributed by atoms with Gasteiger partial charge in [0.05, 0.1) is 5.69 Å². The monoisotopic (exact) mass is 344 g/mol. The van der Waals surface area contributed by atoms with E-state index < -0.39 is 24.3 Å². The topological polar surface area (TPSA) is 52.7 Å². The number of hydrogen-bond acceptors (Lipinski definition) is 3. The highest BCUT2D eigenvalue weighted by Gasteiger charge is 2.22. The minimum Gasteiger partial charge on any atom is -0.269 e. The summed E-state index contributed by atoms with van der Waals surface area (Å²) < 4.78 is 42.6. The number of nitrogens with zero attached hydrogens (tertiary/aromatic N) is 4. The maximum atomic E-state index is 14.0. The lowest BCUT2D eigenvalue weighted by Gasteiger charge is -2.12. The van der Waals surface area contributed by atoms with Gasteiger partial charge < -0.3 is 0 Å². The molecule has 0 saturated carbocycles. The van der Waals surface area contributed by atoms with Crippen molar-refractivity contribution in [2.75, 3.05) is 0 Å². The predicted octanol–water partition coefficient (Wildman–Crippen LogP) is 3.14. The van der Waals surface area contributed by atoms with Crippen LogP contribution in [0.25, 0.3) is 27.6 Å². The Balaban J connectivity index is 2.19. The summed E-state index contributed by atoms with van der Waals surface area (Å²) in [6, 6.07) is 12.6. The van der Waals surface area contributed by atoms with E-state index in [1.807, 2.05) is 0 Å². The highest BCUT2D eigenvalue weighted by molar-refractivity contribution is 6.01. The Labute approximate surface area is 138 Å². The van der Waals surface area contributed by atoms with Crippen molar-refractivity contribution < 1.29 is 13.2 Å². The van der Waals surface area contributed by atoms with Gasteiger partial charge in [-0.2, -0.15) is 0 Å². The van der Waals surface area contributed by atoms with Gasteiger partial charge in [0.15, 0.2) is 11.3 Å². The third kappa shape index (κ3) is 2.37. The number of para-hydroxylation sites is 1. The number of hydrogen-bond donors (Lipinski definition) is 0. The van der Waals surface area contributed by atoms with Gasteiger partial charge in [-0.25, -0.2) is 17.9 Å². The van der Waals surface area contributed by atoms with Crippen LogP contribution in [0.1, 0.15) is 0 Å². The van der Waals surface area contributed by atoms with Crippen molar-refractivity contribution in [2.45, 2.75) is 13.0 Å².